The average Bonchev–Trinajstić information content (AvgIpc) is 2.71. The van der Waals surface area contributed by atoms with Crippen LogP contribution in [0.15, 0.2) is 16.6 Å². The van der Waals surface area contributed by atoms with Gasteiger partial charge in [-0.3, -0.25) is 4.99 Å². The van der Waals surface area contributed by atoms with Gasteiger partial charge in [0.05, 0.1) is 17.7 Å². The number of aliphatic imine (C=N–C) groups is 1. The standard InChI is InChI=1S/C23H28F4N2O5/c1-5-33-20(31)14(19(30)13-11-15(24)17(26)18(27)16(13)25)12-29-23(7-6-8-23)9-10-28-21(32)34-22(2,3)4/h11-12,30H,5-10H2,1-4H3,(H,28,32). The predicted octanol–water partition coefficient (Wildman–Crippen LogP) is 4.98. The predicted molar refractivity (Wildman–Crippen MR) is 116 cm³/mol. The molecule has 2 rings (SSSR count). The van der Waals surface area contributed by atoms with Crippen molar-refractivity contribution < 1.29 is 41.7 Å². The first-order valence-electron chi connectivity index (χ1n) is 10.8. The summed E-state index contributed by atoms with van der Waals surface area (Å²) in [4.78, 5) is 28.6. The molecule has 7 nitrogen and oxygen atoms in total. The molecule has 34 heavy (non-hydrogen) atoms. The SMILES string of the molecule is CCOC(=O)C(C=NC1(CCNC(=O)OC(C)(C)C)CCC1)=C(O)c1cc(F)c(F)c(F)c1F. The maximum atomic E-state index is 14.2. The van der Waals surface area contributed by atoms with Crippen molar-refractivity contribution in [2.75, 3.05) is 13.2 Å². The monoisotopic (exact) mass is 488 g/mol. The van der Waals surface area contributed by atoms with Crippen LogP contribution in [0.1, 0.15) is 58.9 Å². The minimum atomic E-state index is -2.13. The van der Waals surface area contributed by atoms with E-state index in [1.807, 2.05) is 0 Å². The summed E-state index contributed by atoms with van der Waals surface area (Å²) >= 11 is 0. The second-order valence-corrected chi connectivity index (χ2v) is 8.85. The Balaban J connectivity index is 2.31. The number of hydrogen-bond donors (Lipinski definition) is 2. The number of benzene rings is 1. The minimum absolute atomic E-state index is 0.108. The van der Waals surface area contributed by atoms with Gasteiger partial charge in [-0.1, -0.05) is 0 Å². The molecule has 1 saturated carbocycles. The second kappa shape index (κ2) is 10.9. The van der Waals surface area contributed by atoms with E-state index in [9.17, 15) is 32.3 Å². The van der Waals surface area contributed by atoms with Crippen molar-refractivity contribution in [2.45, 2.75) is 64.5 Å². The number of hydrogen-bond acceptors (Lipinski definition) is 6. The van der Waals surface area contributed by atoms with Gasteiger partial charge in [0, 0.05) is 12.8 Å². The highest BCUT2D eigenvalue weighted by molar-refractivity contribution is 6.15. The van der Waals surface area contributed by atoms with E-state index in [4.69, 9.17) is 9.47 Å². The topological polar surface area (TPSA) is 97.2 Å². The molecule has 1 amide bonds. The molecule has 0 saturated heterocycles. The van der Waals surface area contributed by atoms with E-state index in [1.165, 1.54) is 6.92 Å². The molecule has 0 unspecified atom stereocenters. The van der Waals surface area contributed by atoms with Crippen LogP contribution >= 0.6 is 0 Å². The Morgan fingerprint density at radius 1 is 1.18 bits per heavy atom. The number of rotatable bonds is 8. The highest BCUT2D eigenvalue weighted by Crippen LogP contribution is 2.38. The van der Waals surface area contributed by atoms with Crippen LogP contribution in [0.3, 0.4) is 0 Å². The van der Waals surface area contributed by atoms with E-state index in [-0.39, 0.29) is 19.2 Å². The fourth-order valence-corrected chi connectivity index (χ4v) is 3.25. The number of alkyl carbamates (subject to hydrolysis) is 1. The number of esters is 1. The number of aliphatic hydroxyl groups is 1. The van der Waals surface area contributed by atoms with Gasteiger partial charge in [-0.25, -0.2) is 27.2 Å². The Kier molecular flexibility index (Phi) is 8.68. The first-order chi connectivity index (χ1) is 15.8. The van der Waals surface area contributed by atoms with Crippen LogP contribution in [0.5, 0.6) is 0 Å². The van der Waals surface area contributed by atoms with Gasteiger partial charge in [-0.05, 0) is 59.4 Å². The fraction of sp³-hybridized carbons (Fsp3) is 0.522. The van der Waals surface area contributed by atoms with E-state index < -0.39 is 63.4 Å². The van der Waals surface area contributed by atoms with E-state index in [0.717, 1.165) is 12.6 Å². The van der Waals surface area contributed by atoms with Crippen molar-refractivity contribution in [3.05, 3.63) is 40.5 Å². The fourth-order valence-electron chi connectivity index (χ4n) is 3.25. The molecule has 2 N–H and O–H groups in total. The molecule has 0 heterocycles. The summed E-state index contributed by atoms with van der Waals surface area (Å²) in [5.74, 6) is -10.1. The lowest BCUT2D eigenvalue weighted by Gasteiger charge is -2.38. The summed E-state index contributed by atoms with van der Waals surface area (Å²) in [6.45, 7) is 6.76. The molecule has 1 aliphatic carbocycles. The van der Waals surface area contributed by atoms with Crippen molar-refractivity contribution in [1.82, 2.24) is 5.32 Å². The van der Waals surface area contributed by atoms with Crippen LogP contribution in [0.25, 0.3) is 5.76 Å². The Labute approximate surface area is 194 Å². The van der Waals surface area contributed by atoms with E-state index >= 15 is 0 Å². The molecular formula is C23H28F4N2O5. The molecule has 0 spiro atoms. The molecule has 1 aromatic carbocycles. The summed E-state index contributed by atoms with van der Waals surface area (Å²) in [6, 6.07) is 0.236. The zero-order valence-corrected chi connectivity index (χ0v) is 19.4. The highest BCUT2D eigenvalue weighted by Gasteiger charge is 2.36. The normalized spacial score (nSPS) is 16.0. The summed E-state index contributed by atoms with van der Waals surface area (Å²) in [5, 5.41) is 13.1. The number of aliphatic hydroxyl groups excluding tert-OH is 1. The molecule has 1 aromatic rings. The molecule has 1 fully saturated rings. The Bertz CT molecular complexity index is 998. The zero-order valence-electron chi connectivity index (χ0n) is 19.4. The van der Waals surface area contributed by atoms with E-state index in [1.54, 1.807) is 20.8 Å². The average molecular weight is 488 g/mol. The lowest BCUT2D eigenvalue weighted by molar-refractivity contribution is -0.137. The number of ether oxygens (including phenoxy) is 2. The highest BCUT2D eigenvalue weighted by atomic mass is 19.2. The van der Waals surface area contributed by atoms with Crippen molar-refractivity contribution in [1.29, 1.82) is 0 Å². The van der Waals surface area contributed by atoms with Crippen LogP contribution in [0.2, 0.25) is 0 Å². The number of nitrogens with one attached hydrogen (secondary N) is 1. The summed E-state index contributed by atoms with van der Waals surface area (Å²) < 4.78 is 64.8. The Hall–Kier alpha value is -3.11. The van der Waals surface area contributed by atoms with Crippen LogP contribution < -0.4 is 5.32 Å². The molecule has 0 atom stereocenters. The number of nitrogens with zero attached hydrogens (tertiary/aromatic N) is 1. The molecule has 0 aliphatic heterocycles. The smallest absolute Gasteiger partial charge is 0.407 e. The largest absolute Gasteiger partial charge is 0.506 e. The molecule has 11 heteroatoms. The van der Waals surface area contributed by atoms with Crippen LogP contribution in [-0.2, 0) is 14.3 Å². The number of halogens is 4. The first-order valence-corrected chi connectivity index (χ1v) is 10.8. The third kappa shape index (κ3) is 6.71. The lowest BCUT2D eigenvalue weighted by Crippen LogP contribution is -2.40. The van der Waals surface area contributed by atoms with Crippen LogP contribution in [-0.4, -0.2) is 47.7 Å². The molecule has 0 bridgehead atoms. The maximum Gasteiger partial charge on any atom is 0.407 e. The molecule has 0 aromatic heterocycles. The van der Waals surface area contributed by atoms with Gasteiger partial charge in [0.1, 0.15) is 16.9 Å². The number of amides is 1. The van der Waals surface area contributed by atoms with Gasteiger partial charge < -0.3 is 19.9 Å². The Morgan fingerprint density at radius 3 is 2.35 bits per heavy atom. The van der Waals surface area contributed by atoms with Gasteiger partial charge in [0.25, 0.3) is 0 Å². The minimum Gasteiger partial charge on any atom is -0.506 e. The number of carbonyl (C=O) groups is 2. The molecule has 188 valence electrons. The van der Waals surface area contributed by atoms with Gasteiger partial charge in [0.15, 0.2) is 23.3 Å². The quantitative estimate of drug-likeness (QED) is 0.102. The van der Waals surface area contributed by atoms with Gasteiger partial charge in [0.2, 0.25) is 0 Å². The van der Waals surface area contributed by atoms with E-state index in [2.05, 4.69) is 10.3 Å². The summed E-state index contributed by atoms with van der Waals surface area (Å²) in [7, 11) is 0. The number of carbonyl (C=O) groups excluding carboxylic acids is 2. The van der Waals surface area contributed by atoms with Gasteiger partial charge in [-0.2, -0.15) is 0 Å². The van der Waals surface area contributed by atoms with Crippen molar-refractivity contribution in [2.24, 2.45) is 4.99 Å². The van der Waals surface area contributed by atoms with Crippen LogP contribution in [0.4, 0.5) is 22.4 Å². The van der Waals surface area contributed by atoms with Crippen molar-refractivity contribution in [3.8, 4) is 0 Å². The van der Waals surface area contributed by atoms with Crippen LogP contribution in [0, 0.1) is 23.3 Å². The third-order valence-corrected chi connectivity index (χ3v) is 5.12. The molecular weight excluding hydrogens is 460 g/mol. The second-order valence-electron chi connectivity index (χ2n) is 8.85. The zero-order chi connectivity index (χ0) is 25.7. The van der Waals surface area contributed by atoms with E-state index in [0.29, 0.717) is 19.3 Å². The summed E-state index contributed by atoms with van der Waals surface area (Å²) in [6.07, 6.45) is 2.73. The third-order valence-electron chi connectivity index (χ3n) is 5.12. The lowest BCUT2D eigenvalue weighted by atomic mass is 9.75. The van der Waals surface area contributed by atoms with Crippen molar-refractivity contribution >= 4 is 24.0 Å². The van der Waals surface area contributed by atoms with Gasteiger partial charge in [-0.15, -0.1) is 0 Å². The molecule has 1 aliphatic rings. The summed E-state index contributed by atoms with van der Waals surface area (Å²) in [5.41, 5.74) is -3.06. The van der Waals surface area contributed by atoms with Gasteiger partial charge >= 0.3 is 12.1 Å². The van der Waals surface area contributed by atoms with Crippen molar-refractivity contribution in [3.63, 3.8) is 0 Å². The Morgan fingerprint density at radius 2 is 1.82 bits per heavy atom. The first kappa shape index (κ1) is 27.1. The molecule has 0 radical (unpaired) electrons. The maximum absolute atomic E-state index is 14.2.